The van der Waals surface area contributed by atoms with Crippen molar-refractivity contribution < 1.29 is 9.90 Å². The van der Waals surface area contributed by atoms with Gasteiger partial charge in [-0.15, -0.1) is 0 Å². The summed E-state index contributed by atoms with van der Waals surface area (Å²) in [6.45, 7) is 3.13. The Morgan fingerprint density at radius 3 is 2.55 bits per heavy atom. The number of amides is 1. The van der Waals surface area contributed by atoms with Gasteiger partial charge in [0.05, 0.1) is 12.1 Å². The Labute approximate surface area is 187 Å². The van der Waals surface area contributed by atoms with Crippen molar-refractivity contribution in [1.29, 1.82) is 0 Å². The molecule has 0 saturated heterocycles. The van der Waals surface area contributed by atoms with Crippen LogP contribution in [0.1, 0.15) is 46.1 Å². The third kappa shape index (κ3) is 6.34. The second-order valence-electron chi connectivity index (χ2n) is 7.46. The smallest absolute Gasteiger partial charge is 0.254 e. The number of hydrogen-bond acceptors (Lipinski definition) is 5. The molecule has 1 aromatic carbocycles. The van der Waals surface area contributed by atoms with E-state index in [0.29, 0.717) is 23.8 Å². The SMILES string of the molecule is CC(c1cccnc1)N(C)C(=O)c1ccc(CCNC[C@H](O)c2ccc(Cl)nc2)cc1. The van der Waals surface area contributed by atoms with E-state index >= 15 is 0 Å². The van der Waals surface area contributed by atoms with Crippen LogP contribution in [0, 0.1) is 0 Å². The predicted octanol–water partition coefficient (Wildman–Crippen LogP) is 3.83. The molecule has 2 aromatic heterocycles. The molecule has 0 bridgehead atoms. The molecule has 1 amide bonds. The Morgan fingerprint density at radius 1 is 1.13 bits per heavy atom. The summed E-state index contributed by atoms with van der Waals surface area (Å²) < 4.78 is 0. The first kappa shape index (κ1) is 22.9. The first-order valence-electron chi connectivity index (χ1n) is 10.2. The number of halogens is 1. The Bertz CT molecular complexity index is 965. The number of aliphatic hydroxyl groups excluding tert-OH is 1. The van der Waals surface area contributed by atoms with Crippen LogP contribution in [-0.2, 0) is 6.42 Å². The van der Waals surface area contributed by atoms with Gasteiger partial charge in [0.15, 0.2) is 0 Å². The fraction of sp³-hybridized carbons (Fsp3) is 0.292. The third-order valence-electron chi connectivity index (χ3n) is 5.33. The monoisotopic (exact) mass is 438 g/mol. The number of benzene rings is 1. The first-order chi connectivity index (χ1) is 15.0. The van der Waals surface area contributed by atoms with Crippen LogP contribution in [-0.4, -0.2) is 46.0 Å². The number of hydrogen-bond donors (Lipinski definition) is 2. The van der Waals surface area contributed by atoms with Gasteiger partial charge < -0.3 is 15.3 Å². The second-order valence-corrected chi connectivity index (χ2v) is 7.85. The lowest BCUT2D eigenvalue weighted by molar-refractivity contribution is 0.0742. The van der Waals surface area contributed by atoms with Crippen LogP contribution >= 0.6 is 11.6 Å². The van der Waals surface area contributed by atoms with Gasteiger partial charge in [0.2, 0.25) is 0 Å². The molecule has 0 aliphatic rings. The van der Waals surface area contributed by atoms with Crippen LogP contribution < -0.4 is 5.32 Å². The molecule has 162 valence electrons. The van der Waals surface area contributed by atoms with Gasteiger partial charge in [0.25, 0.3) is 5.91 Å². The maximum atomic E-state index is 12.8. The van der Waals surface area contributed by atoms with Crippen molar-refractivity contribution in [3.05, 3.63) is 94.5 Å². The Balaban J connectivity index is 1.47. The third-order valence-corrected chi connectivity index (χ3v) is 5.56. The van der Waals surface area contributed by atoms with Crippen molar-refractivity contribution in [3.63, 3.8) is 0 Å². The van der Waals surface area contributed by atoms with Crippen LogP contribution in [0.15, 0.2) is 67.1 Å². The number of nitrogens with one attached hydrogen (secondary N) is 1. The summed E-state index contributed by atoms with van der Waals surface area (Å²) >= 11 is 5.77. The van der Waals surface area contributed by atoms with Crippen molar-refractivity contribution in [1.82, 2.24) is 20.2 Å². The van der Waals surface area contributed by atoms with E-state index in [0.717, 1.165) is 23.1 Å². The van der Waals surface area contributed by atoms with Gasteiger partial charge in [-0.25, -0.2) is 4.98 Å². The maximum Gasteiger partial charge on any atom is 0.254 e. The zero-order valence-electron chi connectivity index (χ0n) is 17.7. The molecule has 31 heavy (non-hydrogen) atoms. The van der Waals surface area contributed by atoms with Crippen LogP contribution in [0.2, 0.25) is 5.15 Å². The van der Waals surface area contributed by atoms with Crippen LogP contribution in [0.3, 0.4) is 0 Å². The molecule has 0 aliphatic heterocycles. The molecule has 0 spiro atoms. The summed E-state index contributed by atoms with van der Waals surface area (Å²) in [5.74, 6) is -0.0271. The van der Waals surface area contributed by atoms with Gasteiger partial charge in [-0.05, 0) is 55.3 Å². The number of nitrogens with zero attached hydrogens (tertiary/aromatic N) is 3. The zero-order valence-corrected chi connectivity index (χ0v) is 18.5. The van der Waals surface area contributed by atoms with Gasteiger partial charge in [0.1, 0.15) is 5.15 Å². The highest BCUT2D eigenvalue weighted by Gasteiger charge is 2.19. The molecule has 6 nitrogen and oxygen atoms in total. The molecule has 2 heterocycles. The average molecular weight is 439 g/mol. The van der Waals surface area contributed by atoms with Gasteiger partial charge >= 0.3 is 0 Å². The van der Waals surface area contributed by atoms with Gasteiger partial charge in [-0.3, -0.25) is 9.78 Å². The fourth-order valence-electron chi connectivity index (χ4n) is 3.21. The summed E-state index contributed by atoms with van der Waals surface area (Å²) in [4.78, 5) is 22.6. The Hall–Kier alpha value is -2.80. The molecule has 7 heteroatoms. The summed E-state index contributed by atoms with van der Waals surface area (Å²) in [5.41, 5.74) is 3.50. The van der Waals surface area contributed by atoms with Crippen molar-refractivity contribution in [2.75, 3.05) is 20.1 Å². The lowest BCUT2D eigenvalue weighted by atomic mass is 10.1. The molecular weight excluding hydrogens is 412 g/mol. The van der Waals surface area contributed by atoms with E-state index in [1.807, 2.05) is 43.3 Å². The quantitative estimate of drug-likeness (QED) is 0.392. The molecule has 2 atom stereocenters. The van der Waals surface area contributed by atoms with E-state index in [-0.39, 0.29) is 11.9 Å². The van der Waals surface area contributed by atoms with Gasteiger partial charge in [-0.1, -0.05) is 35.9 Å². The molecule has 3 rings (SSSR count). The number of rotatable bonds is 9. The summed E-state index contributed by atoms with van der Waals surface area (Å²) in [6.07, 6.45) is 5.24. The number of carbonyl (C=O) groups excluding carboxylic acids is 1. The predicted molar refractivity (Wildman–Crippen MR) is 122 cm³/mol. The van der Waals surface area contributed by atoms with Crippen LogP contribution in [0.25, 0.3) is 0 Å². The molecule has 3 aromatic rings. The fourth-order valence-corrected chi connectivity index (χ4v) is 3.33. The lowest BCUT2D eigenvalue weighted by Crippen LogP contribution is -2.29. The normalized spacial score (nSPS) is 12.9. The number of carbonyl (C=O) groups is 1. The van der Waals surface area contributed by atoms with Crippen molar-refractivity contribution >= 4 is 17.5 Å². The van der Waals surface area contributed by atoms with E-state index in [2.05, 4.69) is 15.3 Å². The topological polar surface area (TPSA) is 78.4 Å². The molecule has 1 unspecified atom stereocenters. The minimum atomic E-state index is -0.637. The van der Waals surface area contributed by atoms with E-state index in [9.17, 15) is 9.90 Å². The van der Waals surface area contributed by atoms with E-state index in [1.165, 1.54) is 0 Å². The summed E-state index contributed by atoms with van der Waals surface area (Å²) in [7, 11) is 1.80. The maximum absolute atomic E-state index is 12.8. The largest absolute Gasteiger partial charge is 0.387 e. The van der Waals surface area contributed by atoms with Crippen molar-refractivity contribution in [2.45, 2.75) is 25.5 Å². The van der Waals surface area contributed by atoms with Crippen LogP contribution in [0.4, 0.5) is 0 Å². The first-order valence-corrected chi connectivity index (χ1v) is 10.6. The van der Waals surface area contributed by atoms with Crippen molar-refractivity contribution in [2.24, 2.45) is 0 Å². The van der Waals surface area contributed by atoms with Crippen LogP contribution in [0.5, 0.6) is 0 Å². The number of aromatic nitrogens is 2. The van der Waals surface area contributed by atoms with Gasteiger partial charge in [0, 0.05) is 43.3 Å². The summed E-state index contributed by atoms with van der Waals surface area (Å²) in [5, 5.41) is 13.8. The molecule has 0 fully saturated rings. The van der Waals surface area contributed by atoms with E-state index in [1.54, 1.807) is 42.7 Å². The average Bonchev–Trinajstić information content (AvgIpc) is 2.81. The minimum absolute atomic E-state index is 0.0271. The second kappa shape index (κ2) is 11.0. The number of aliphatic hydroxyl groups is 1. The molecular formula is C24H27ClN4O2. The highest BCUT2D eigenvalue weighted by atomic mass is 35.5. The van der Waals surface area contributed by atoms with Gasteiger partial charge in [-0.2, -0.15) is 0 Å². The Morgan fingerprint density at radius 2 is 1.90 bits per heavy atom. The zero-order chi connectivity index (χ0) is 22.2. The molecule has 0 aliphatic carbocycles. The van der Waals surface area contributed by atoms with Crippen molar-refractivity contribution in [3.8, 4) is 0 Å². The molecule has 0 radical (unpaired) electrons. The summed E-state index contributed by atoms with van der Waals surface area (Å²) in [6, 6.07) is 14.9. The van der Waals surface area contributed by atoms with E-state index in [4.69, 9.17) is 11.6 Å². The Kier molecular flexibility index (Phi) is 8.12. The standard InChI is InChI=1S/C24H27ClN4O2/c1-17(20-4-3-12-26-14-20)29(2)24(31)19-7-5-18(6-8-19)11-13-27-16-22(30)21-9-10-23(25)28-15-21/h3-10,12,14-15,17,22,27,30H,11,13,16H2,1-2H3/t17?,22-/m0/s1. The lowest BCUT2D eigenvalue weighted by Gasteiger charge is -2.25. The molecule has 2 N–H and O–H groups in total. The number of pyridine rings is 2. The highest BCUT2D eigenvalue weighted by molar-refractivity contribution is 6.29. The van der Waals surface area contributed by atoms with E-state index < -0.39 is 6.10 Å². The highest BCUT2D eigenvalue weighted by Crippen LogP contribution is 2.20. The minimum Gasteiger partial charge on any atom is -0.387 e. The molecule has 0 saturated carbocycles.